The Balaban J connectivity index is 1.72. The maximum absolute atomic E-state index is 12.5. The number of halogens is 1. The molecule has 0 bridgehead atoms. The van der Waals surface area contributed by atoms with Crippen molar-refractivity contribution in [3.8, 4) is 0 Å². The zero-order chi connectivity index (χ0) is 19.4. The van der Waals surface area contributed by atoms with Crippen LogP contribution in [-0.4, -0.2) is 28.1 Å². The molecule has 0 amide bonds. The van der Waals surface area contributed by atoms with E-state index in [-0.39, 0.29) is 12.4 Å². The largest absolute Gasteiger partial charge is 0.454 e. The van der Waals surface area contributed by atoms with Gasteiger partial charge in [0.25, 0.3) is 0 Å². The van der Waals surface area contributed by atoms with Gasteiger partial charge in [-0.1, -0.05) is 64.5 Å². The SMILES string of the molecule is Cc1nn(Cc2ccccc2)c(C)c1C(=O)OCC(=O)c1ccccc1Br. The summed E-state index contributed by atoms with van der Waals surface area (Å²) in [5.41, 5.74) is 3.29. The molecule has 0 atom stereocenters. The lowest BCUT2D eigenvalue weighted by Gasteiger charge is -2.07. The molecule has 0 aliphatic rings. The first-order chi connectivity index (χ1) is 13.0. The number of esters is 1. The average molecular weight is 427 g/mol. The molecule has 0 saturated carbocycles. The summed E-state index contributed by atoms with van der Waals surface area (Å²) in [5.74, 6) is -0.799. The summed E-state index contributed by atoms with van der Waals surface area (Å²) in [7, 11) is 0. The highest BCUT2D eigenvalue weighted by Gasteiger charge is 2.21. The summed E-state index contributed by atoms with van der Waals surface area (Å²) in [4.78, 5) is 24.8. The molecule has 0 fully saturated rings. The second kappa shape index (κ2) is 8.31. The zero-order valence-corrected chi connectivity index (χ0v) is 16.7. The first-order valence-electron chi connectivity index (χ1n) is 8.50. The van der Waals surface area contributed by atoms with Gasteiger partial charge < -0.3 is 4.74 Å². The normalized spacial score (nSPS) is 10.6. The van der Waals surface area contributed by atoms with E-state index in [1.807, 2.05) is 43.3 Å². The van der Waals surface area contributed by atoms with Crippen LogP contribution < -0.4 is 0 Å². The van der Waals surface area contributed by atoms with Crippen LogP contribution in [0, 0.1) is 13.8 Å². The van der Waals surface area contributed by atoms with Gasteiger partial charge >= 0.3 is 5.97 Å². The number of carbonyl (C=O) groups is 2. The van der Waals surface area contributed by atoms with Gasteiger partial charge in [-0.15, -0.1) is 0 Å². The molecule has 0 spiro atoms. The molecule has 0 saturated heterocycles. The molecule has 0 aliphatic heterocycles. The smallest absolute Gasteiger partial charge is 0.342 e. The van der Waals surface area contributed by atoms with Crippen molar-refractivity contribution in [2.24, 2.45) is 0 Å². The number of rotatable bonds is 6. The zero-order valence-electron chi connectivity index (χ0n) is 15.1. The minimum absolute atomic E-state index is 0.261. The van der Waals surface area contributed by atoms with Gasteiger partial charge in [0.05, 0.1) is 17.9 Å². The van der Waals surface area contributed by atoms with E-state index in [4.69, 9.17) is 4.74 Å². The van der Waals surface area contributed by atoms with Crippen molar-refractivity contribution in [3.05, 3.63) is 87.1 Å². The molecule has 27 heavy (non-hydrogen) atoms. The molecule has 0 N–H and O–H groups in total. The predicted molar refractivity (Wildman–Crippen MR) is 106 cm³/mol. The Morgan fingerprint density at radius 2 is 1.70 bits per heavy atom. The van der Waals surface area contributed by atoms with Crippen LogP contribution in [0.25, 0.3) is 0 Å². The Hall–Kier alpha value is -2.73. The molecule has 0 aliphatic carbocycles. The Kier molecular flexibility index (Phi) is 5.86. The third-order valence-electron chi connectivity index (χ3n) is 4.27. The van der Waals surface area contributed by atoms with Gasteiger partial charge in [0.2, 0.25) is 5.78 Å². The van der Waals surface area contributed by atoms with Gasteiger partial charge in [-0.3, -0.25) is 9.48 Å². The molecule has 0 unspecified atom stereocenters. The summed E-state index contributed by atoms with van der Waals surface area (Å²) < 4.78 is 7.71. The molecule has 5 nitrogen and oxygen atoms in total. The molecule has 0 radical (unpaired) electrons. The first kappa shape index (κ1) is 19.0. The minimum Gasteiger partial charge on any atom is -0.454 e. The highest BCUT2D eigenvalue weighted by Crippen LogP contribution is 2.18. The third-order valence-corrected chi connectivity index (χ3v) is 4.96. The lowest BCUT2D eigenvalue weighted by molar-refractivity contribution is 0.0473. The van der Waals surface area contributed by atoms with E-state index in [1.165, 1.54) is 0 Å². The van der Waals surface area contributed by atoms with E-state index in [0.29, 0.717) is 27.8 Å². The topological polar surface area (TPSA) is 61.2 Å². The Morgan fingerprint density at radius 3 is 2.41 bits per heavy atom. The van der Waals surface area contributed by atoms with Crippen LogP contribution in [0.1, 0.15) is 37.7 Å². The van der Waals surface area contributed by atoms with Crippen molar-refractivity contribution < 1.29 is 14.3 Å². The van der Waals surface area contributed by atoms with Crippen molar-refractivity contribution >= 4 is 27.7 Å². The number of ketones is 1. The Bertz CT molecular complexity index is 980. The van der Waals surface area contributed by atoms with E-state index < -0.39 is 5.97 Å². The molecular weight excluding hydrogens is 408 g/mol. The van der Waals surface area contributed by atoms with Crippen molar-refractivity contribution in [3.63, 3.8) is 0 Å². The van der Waals surface area contributed by atoms with Crippen LogP contribution in [0.15, 0.2) is 59.1 Å². The maximum Gasteiger partial charge on any atom is 0.342 e. The van der Waals surface area contributed by atoms with Crippen molar-refractivity contribution in [1.82, 2.24) is 9.78 Å². The van der Waals surface area contributed by atoms with Gasteiger partial charge in [0.1, 0.15) is 5.56 Å². The number of carbonyl (C=O) groups excluding carboxylic acids is 2. The summed E-state index contributed by atoms with van der Waals surface area (Å²) in [6, 6.07) is 16.9. The van der Waals surface area contributed by atoms with Crippen LogP contribution in [0.3, 0.4) is 0 Å². The molecule has 1 aromatic heterocycles. The summed E-state index contributed by atoms with van der Waals surface area (Å²) in [5, 5.41) is 4.45. The van der Waals surface area contributed by atoms with Crippen LogP contribution in [0.4, 0.5) is 0 Å². The van der Waals surface area contributed by atoms with E-state index in [1.54, 1.807) is 29.8 Å². The molecular formula is C21H19BrN2O3. The second-order valence-electron chi connectivity index (χ2n) is 6.17. The Labute approximate surface area is 166 Å². The first-order valence-corrected chi connectivity index (χ1v) is 9.29. The van der Waals surface area contributed by atoms with Gasteiger partial charge in [-0.05, 0) is 25.5 Å². The standard InChI is InChI=1S/C21H19BrN2O3/c1-14-20(15(2)24(23-14)12-16-8-4-3-5-9-16)21(26)27-13-19(25)17-10-6-7-11-18(17)22/h3-11H,12-13H2,1-2H3. The van der Waals surface area contributed by atoms with E-state index in [9.17, 15) is 9.59 Å². The number of hydrogen-bond acceptors (Lipinski definition) is 4. The molecule has 1 heterocycles. The molecule has 6 heteroatoms. The van der Waals surface area contributed by atoms with Crippen LogP contribution in [-0.2, 0) is 11.3 Å². The number of aryl methyl sites for hydroxylation is 1. The number of benzene rings is 2. The van der Waals surface area contributed by atoms with Crippen molar-refractivity contribution in [2.75, 3.05) is 6.61 Å². The lowest BCUT2D eigenvalue weighted by atomic mass is 10.1. The summed E-state index contributed by atoms with van der Waals surface area (Å²) in [6.07, 6.45) is 0. The summed E-state index contributed by atoms with van der Waals surface area (Å²) >= 11 is 3.33. The molecule has 2 aromatic carbocycles. The maximum atomic E-state index is 12.5. The minimum atomic E-state index is -0.537. The average Bonchev–Trinajstić information content (AvgIpc) is 2.94. The number of aromatic nitrogens is 2. The molecule has 3 rings (SSSR count). The van der Waals surface area contributed by atoms with Gasteiger partial charge in [0.15, 0.2) is 6.61 Å². The predicted octanol–water partition coefficient (Wildman–Crippen LogP) is 4.35. The lowest BCUT2D eigenvalue weighted by Crippen LogP contribution is -2.16. The number of nitrogens with zero attached hydrogens (tertiary/aromatic N) is 2. The monoisotopic (exact) mass is 426 g/mol. The fraction of sp³-hybridized carbons (Fsp3) is 0.190. The van der Waals surface area contributed by atoms with Gasteiger partial charge in [-0.2, -0.15) is 5.10 Å². The quantitative estimate of drug-likeness (QED) is 0.434. The van der Waals surface area contributed by atoms with Crippen molar-refractivity contribution in [2.45, 2.75) is 20.4 Å². The van der Waals surface area contributed by atoms with E-state index in [0.717, 1.165) is 11.3 Å². The number of Topliss-reactive ketones (excluding diaryl/α,β-unsaturated/α-hetero) is 1. The van der Waals surface area contributed by atoms with E-state index in [2.05, 4.69) is 21.0 Å². The molecule has 3 aromatic rings. The molecule has 138 valence electrons. The van der Waals surface area contributed by atoms with Gasteiger partial charge in [-0.25, -0.2) is 4.79 Å². The highest BCUT2D eigenvalue weighted by atomic mass is 79.9. The van der Waals surface area contributed by atoms with Gasteiger partial charge in [0, 0.05) is 10.0 Å². The summed E-state index contributed by atoms with van der Waals surface area (Å²) in [6.45, 7) is 3.84. The van der Waals surface area contributed by atoms with Crippen molar-refractivity contribution in [1.29, 1.82) is 0 Å². The third kappa shape index (κ3) is 4.34. The second-order valence-corrected chi connectivity index (χ2v) is 7.02. The fourth-order valence-electron chi connectivity index (χ4n) is 2.87. The van der Waals surface area contributed by atoms with E-state index >= 15 is 0 Å². The fourth-order valence-corrected chi connectivity index (χ4v) is 3.38. The number of ether oxygens (including phenoxy) is 1. The van der Waals surface area contributed by atoms with Crippen LogP contribution in [0.2, 0.25) is 0 Å². The van der Waals surface area contributed by atoms with Crippen LogP contribution in [0.5, 0.6) is 0 Å². The Morgan fingerprint density at radius 1 is 1.04 bits per heavy atom. The number of hydrogen-bond donors (Lipinski definition) is 0. The highest BCUT2D eigenvalue weighted by molar-refractivity contribution is 9.10. The van der Waals surface area contributed by atoms with Crippen LogP contribution >= 0.6 is 15.9 Å².